The number of benzene rings is 1. The Bertz CT molecular complexity index is 326. The van der Waals surface area contributed by atoms with Gasteiger partial charge in [0.05, 0.1) is 14.2 Å². The maximum atomic E-state index is 8.71. The van der Waals surface area contributed by atoms with Crippen molar-refractivity contribution < 1.29 is 14.7 Å². The standard InChI is InChI=1S/C11H17NO3/c1-4-9-8(7-12-13)5-6-10(14-2)11(9)15-3/h5-6,12-13H,4,7H2,1-3H3. The highest BCUT2D eigenvalue weighted by Gasteiger charge is 2.12. The Morgan fingerprint density at radius 1 is 1.27 bits per heavy atom. The normalized spacial score (nSPS) is 10.1. The van der Waals surface area contributed by atoms with Crippen LogP contribution in [0, 0.1) is 0 Å². The van der Waals surface area contributed by atoms with Gasteiger partial charge in [0.1, 0.15) is 0 Å². The van der Waals surface area contributed by atoms with Crippen LogP contribution in [-0.2, 0) is 13.0 Å². The molecular formula is C11H17NO3. The van der Waals surface area contributed by atoms with E-state index in [2.05, 4.69) is 5.48 Å². The minimum absolute atomic E-state index is 0.406. The summed E-state index contributed by atoms with van der Waals surface area (Å²) >= 11 is 0. The molecule has 0 amide bonds. The largest absolute Gasteiger partial charge is 0.493 e. The lowest BCUT2D eigenvalue weighted by atomic mass is 10.0. The number of hydrogen-bond donors (Lipinski definition) is 2. The Balaban J connectivity index is 3.21. The fourth-order valence-electron chi connectivity index (χ4n) is 1.67. The van der Waals surface area contributed by atoms with Gasteiger partial charge in [-0.3, -0.25) is 0 Å². The van der Waals surface area contributed by atoms with E-state index in [9.17, 15) is 0 Å². The van der Waals surface area contributed by atoms with Crippen LogP contribution in [-0.4, -0.2) is 19.4 Å². The molecule has 0 fully saturated rings. The summed E-state index contributed by atoms with van der Waals surface area (Å²) in [5.74, 6) is 1.46. The molecule has 0 heterocycles. The summed E-state index contributed by atoms with van der Waals surface area (Å²) in [5, 5.41) is 8.71. The molecule has 0 aliphatic carbocycles. The molecule has 1 aromatic rings. The van der Waals surface area contributed by atoms with Gasteiger partial charge < -0.3 is 14.7 Å². The topological polar surface area (TPSA) is 50.7 Å². The van der Waals surface area contributed by atoms with E-state index >= 15 is 0 Å². The van der Waals surface area contributed by atoms with Crippen molar-refractivity contribution in [1.29, 1.82) is 0 Å². The Morgan fingerprint density at radius 2 is 2.00 bits per heavy atom. The Labute approximate surface area is 89.8 Å². The fraction of sp³-hybridized carbons (Fsp3) is 0.455. The van der Waals surface area contributed by atoms with Gasteiger partial charge in [0, 0.05) is 12.1 Å². The van der Waals surface area contributed by atoms with Gasteiger partial charge in [-0.25, -0.2) is 5.48 Å². The zero-order valence-corrected chi connectivity index (χ0v) is 9.33. The molecule has 0 radical (unpaired) electrons. The highest BCUT2D eigenvalue weighted by molar-refractivity contribution is 5.50. The van der Waals surface area contributed by atoms with Gasteiger partial charge in [-0.15, -0.1) is 0 Å². The molecule has 0 saturated carbocycles. The minimum Gasteiger partial charge on any atom is -0.493 e. The summed E-state index contributed by atoms with van der Waals surface area (Å²) in [6.45, 7) is 2.45. The molecule has 4 nitrogen and oxygen atoms in total. The zero-order valence-electron chi connectivity index (χ0n) is 9.33. The lowest BCUT2D eigenvalue weighted by Gasteiger charge is -2.15. The minimum atomic E-state index is 0.406. The van der Waals surface area contributed by atoms with Gasteiger partial charge in [-0.2, -0.15) is 0 Å². The Morgan fingerprint density at radius 3 is 2.47 bits per heavy atom. The third-order valence-corrected chi connectivity index (χ3v) is 2.37. The lowest BCUT2D eigenvalue weighted by Crippen LogP contribution is -2.09. The van der Waals surface area contributed by atoms with Crippen LogP contribution in [0.5, 0.6) is 11.5 Å². The molecule has 0 aliphatic heterocycles. The van der Waals surface area contributed by atoms with Crippen LogP contribution >= 0.6 is 0 Å². The van der Waals surface area contributed by atoms with Crippen LogP contribution < -0.4 is 15.0 Å². The number of nitrogens with one attached hydrogen (secondary N) is 1. The predicted octanol–water partition coefficient (Wildman–Crippen LogP) is 1.74. The first-order valence-corrected chi connectivity index (χ1v) is 4.88. The van der Waals surface area contributed by atoms with Crippen molar-refractivity contribution in [2.75, 3.05) is 14.2 Å². The summed E-state index contributed by atoms with van der Waals surface area (Å²) in [7, 11) is 3.23. The summed E-state index contributed by atoms with van der Waals surface area (Å²) < 4.78 is 10.5. The van der Waals surface area contributed by atoms with Gasteiger partial charge in [0.25, 0.3) is 0 Å². The monoisotopic (exact) mass is 211 g/mol. The highest BCUT2D eigenvalue weighted by atomic mass is 16.5. The number of hydrogen-bond acceptors (Lipinski definition) is 4. The summed E-state index contributed by atoms with van der Waals surface area (Å²) in [6, 6.07) is 3.76. The van der Waals surface area contributed by atoms with Crippen LogP contribution in [0.25, 0.3) is 0 Å². The Hall–Kier alpha value is -1.26. The van der Waals surface area contributed by atoms with E-state index in [1.165, 1.54) is 0 Å². The van der Waals surface area contributed by atoms with E-state index in [1.54, 1.807) is 14.2 Å². The average molecular weight is 211 g/mol. The maximum Gasteiger partial charge on any atom is 0.164 e. The van der Waals surface area contributed by atoms with Crippen molar-refractivity contribution in [3.8, 4) is 11.5 Å². The van der Waals surface area contributed by atoms with Crippen molar-refractivity contribution in [2.24, 2.45) is 0 Å². The van der Waals surface area contributed by atoms with Crippen LogP contribution in [0.1, 0.15) is 18.1 Å². The molecule has 0 saturated heterocycles. The van der Waals surface area contributed by atoms with E-state index in [1.807, 2.05) is 19.1 Å². The van der Waals surface area contributed by atoms with Gasteiger partial charge in [0.15, 0.2) is 11.5 Å². The van der Waals surface area contributed by atoms with E-state index in [0.717, 1.165) is 29.0 Å². The van der Waals surface area contributed by atoms with E-state index in [0.29, 0.717) is 6.54 Å². The molecule has 84 valence electrons. The molecule has 15 heavy (non-hydrogen) atoms. The zero-order chi connectivity index (χ0) is 11.3. The van der Waals surface area contributed by atoms with Gasteiger partial charge >= 0.3 is 0 Å². The third-order valence-electron chi connectivity index (χ3n) is 2.37. The second-order valence-corrected chi connectivity index (χ2v) is 3.13. The average Bonchev–Trinajstić information content (AvgIpc) is 2.28. The van der Waals surface area contributed by atoms with Gasteiger partial charge in [0.2, 0.25) is 0 Å². The molecule has 2 N–H and O–H groups in total. The molecule has 0 bridgehead atoms. The van der Waals surface area contributed by atoms with Crippen molar-refractivity contribution >= 4 is 0 Å². The second kappa shape index (κ2) is 5.58. The fourth-order valence-corrected chi connectivity index (χ4v) is 1.67. The first kappa shape index (κ1) is 11.8. The molecule has 1 aromatic carbocycles. The van der Waals surface area contributed by atoms with Crippen LogP contribution in [0.2, 0.25) is 0 Å². The van der Waals surface area contributed by atoms with Crippen LogP contribution in [0.15, 0.2) is 12.1 Å². The quantitative estimate of drug-likeness (QED) is 0.728. The molecule has 4 heteroatoms. The number of methoxy groups -OCH3 is 2. The van der Waals surface area contributed by atoms with Crippen molar-refractivity contribution in [1.82, 2.24) is 5.48 Å². The van der Waals surface area contributed by atoms with Crippen molar-refractivity contribution in [3.05, 3.63) is 23.3 Å². The van der Waals surface area contributed by atoms with E-state index < -0.39 is 0 Å². The van der Waals surface area contributed by atoms with Gasteiger partial charge in [-0.05, 0) is 18.1 Å². The first-order valence-electron chi connectivity index (χ1n) is 4.88. The number of ether oxygens (including phenoxy) is 2. The van der Waals surface area contributed by atoms with Crippen LogP contribution in [0.3, 0.4) is 0 Å². The Kier molecular flexibility index (Phi) is 4.39. The molecule has 1 rings (SSSR count). The smallest absolute Gasteiger partial charge is 0.164 e. The summed E-state index contributed by atoms with van der Waals surface area (Å²) in [6.07, 6.45) is 0.831. The second-order valence-electron chi connectivity index (χ2n) is 3.13. The van der Waals surface area contributed by atoms with Crippen molar-refractivity contribution in [2.45, 2.75) is 19.9 Å². The van der Waals surface area contributed by atoms with E-state index in [-0.39, 0.29) is 0 Å². The number of rotatable bonds is 5. The van der Waals surface area contributed by atoms with Crippen LogP contribution in [0.4, 0.5) is 0 Å². The highest BCUT2D eigenvalue weighted by Crippen LogP contribution is 2.33. The maximum absolute atomic E-state index is 8.71. The molecular weight excluding hydrogens is 194 g/mol. The summed E-state index contributed by atoms with van der Waals surface area (Å²) in [5.41, 5.74) is 4.22. The first-order chi connectivity index (χ1) is 7.28. The molecule has 0 aromatic heterocycles. The van der Waals surface area contributed by atoms with E-state index in [4.69, 9.17) is 14.7 Å². The third kappa shape index (κ3) is 2.40. The SMILES string of the molecule is CCc1c(CNO)ccc(OC)c1OC. The number of hydroxylamine groups is 1. The molecule has 0 spiro atoms. The molecule has 0 aliphatic rings. The summed E-state index contributed by atoms with van der Waals surface area (Å²) in [4.78, 5) is 0. The molecule has 0 atom stereocenters. The lowest BCUT2D eigenvalue weighted by molar-refractivity contribution is 0.161. The van der Waals surface area contributed by atoms with Crippen molar-refractivity contribution in [3.63, 3.8) is 0 Å². The molecule has 0 unspecified atom stereocenters. The predicted molar refractivity (Wildman–Crippen MR) is 57.6 cm³/mol. The van der Waals surface area contributed by atoms with Gasteiger partial charge in [-0.1, -0.05) is 13.0 Å².